The van der Waals surface area contributed by atoms with Crippen molar-refractivity contribution in [2.45, 2.75) is 0 Å². The van der Waals surface area contributed by atoms with E-state index < -0.39 is 262 Å². The van der Waals surface area contributed by atoms with Gasteiger partial charge in [-0.3, -0.25) is 0 Å². The average molecular weight is 633 g/mol. The second-order valence-electron chi connectivity index (χ2n) is 11.0. The summed E-state index contributed by atoms with van der Waals surface area (Å²) >= 11 is 0. The summed E-state index contributed by atoms with van der Waals surface area (Å²) in [4.78, 5) is 0. The Kier molecular flexibility index (Phi) is 2.19. The monoisotopic (exact) mass is 632 g/mol. The SMILES string of the molecule is [2H]c1c([2H])c(-c2c([2H])c([2H])c3c([2H])c([2H])c([2H])c([2H])c3c2[2H])c(-c2c([2H])c([2H])c3c([2H])c([2H])c4c([2H])c([2H])c([2H])c5c([2H])c([2H])c2c3c45)c([2H])c1-c1c([2H])c([2H])c2c([2H])c([2H])c3c([2H])c([2H])c([2H])c4c([2H])c([2H])c1c2c34. The van der Waals surface area contributed by atoms with Crippen LogP contribution in [0.5, 0.6) is 0 Å². The molecule has 0 radical (unpaired) electrons. The molecule has 0 atom stereocenters. The summed E-state index contributed by atoms with van der Waals surface area (Å²) in [5.41, 5.74) is -5.14. The van der Waals surface area contributed by atoms with E-state index in [1.54, 1.807) is 0 Å². The Labute approximate surface area is 317 Å². The molecule has 220 valence electrons. The third kappa shape index (κ3) is 3.60. The molecule has 0 fully saturated rings. The van der Waals surface area contributed by atoms with Crippen molar-refractivity contribution in [1.29, 1.82) is 0 Å². The van der Waals surface area contributed by atoms with Gasteiger partial charge in [0.1, 0.15) is 0 Å². The van der Waals surface area contributed by atoms with E-state index in [1.165, 1.54) is 0 Å². The van der Waals surface area contributed by atoms with Crippen molar-refractivity contribution >= 4 is 75.4 Å². The average Bonchev–Trinajstić information content (AvgIpc) is 3.19. The topological polar surface area (TPSA) is 0 Å². The van der Waals surface area contributed by atoms with E-state index in [0.29, 0.717) is 0 Å². The molecule has 0 unspecified atom stereocenters. The molecule has 0 N–H and O–H groups in total. The first-order valence-corrected chi connectivity index (χ1v) is 14.5. The Balaban J connectivity index is 1.47. The smallest absolute Gasteiger partial charge is 0.0616 e. The normalized spacial score (nSPS) is 20.3. The predicted octanol–water partition coefficient (Wildman–Crippen LogP) is 13.6. The number of hydrogen-bond donors (Lipinski definition) is 0. The van der Waals surface area contributed by atoms with E-state index in [9.17, 15) is 17.8 Å². The minimum atomic E-state index is -1.14. The second kappa shape index (κ2) is 9.64. The van der Waals surface area contributed by atoms with Gasteiger partial charge in [-0.15, -0.1) is 0 Å². The first-order chi connectivity index (χ1) is 35.5. The van der Waals surface area contributed by atoms with Gasteiger partial charge in [-0.05, 0) is 121 Å². The molecular weight excluding hydrogens is 577 g/mol. The van der Waals surface area contributed by atoms with Gasteiger partial charge in [-0.25, -0.2) is 0 Å². The zero-order chi connectivity index (χ0) is 55.7. The third-order valence-corrected chi connectivity index (χ3v) is 8.44. The van der Waals surface area contributed by atoms with E-state index >= 15 is 0 Å². The van der Waals surface area contributed by atoms with Crippen LogP contribution in [0.3, 0.4) is 0 Å². The van der Waals surface area contributed by atoms with Crippen molar-refractivity contribution in [3.8, 4) is 33.4 Å². The van der Waals surface area contributed by atoms with Gasteiger partial charge in [-0.1, -0.05) is 157 Å². The summed E-state index contributed by atoms with van der Waals surface area (Å²) in [6.07, 6.45) is 0. The molecule has 0 heteroatoms. The third-order valence-electron chi connectivity index (χ3n) is 8.44. The predicted molar refractivity (Wildman–Crippen MR) is 208 cm³/mol. The van der Waals surface area contributed by atoms with Crippen LogP contribution in [0, 0.1) is 0 Å². The summed E-state index contributed by atoms with van der Waals surface area (Å²) in [5, 5.41) is -6.90. The lowest BCUT2D eigenvalue weighted by Crippen LogP contribution is -1.92. The summed E-state index contributed by atoms with van der Waals surface area (Å²) in [6.45, 7) is 0. The lowest BCUT2D eigenvalue weighted by atomic mass is 9.84. The molecule has 48 heavy (non-hydrogen) atoms. The summed E-state index contributed by atoms with van der Waals surface area (Å²) in [7, 11) is 0. The van der Waals surface area contributed by atoms with Gasteiger partial charge < -0.3 is 0 Å². The van der Waals surface area contributed by atoms with Gasteiger partial charge in [0.25, 0.3) is 0 Å². The highest BCUT2D eigenvalue weighted by molar-refractivity contribution is 6.27. The van der Waals surface area contributed by atoms with Crippen LogP contribution in [-0.4, -0.2) is 0 Å². The van der Waals surface area contributed by atoms with Crippen LogP contribution >= 0.6 is 0 Å². The fourth-order valence-corrected chi connectivity index (χ4v) is 6.31. The van der Waals surface area contributed by atoms with Gasteiger partial charge in [0.05, 0.1) is 38.4 Å². The zero-order valence-corrected chi connectivity index (χ0v) is 24.0. The minimum absolute atomic E-state index is 0.325. The van der Waals surface area contributed by atoms with Crippen molar-refractivity contribution in [1.82, 2.24) is 0 Å². The fraction of sp³-hybridized carbons (Fsp3) is 0. The molecule has 0 heterocycles. The van der Waals surface area contributed by atoms with E-state index in [4.69, 9.17) is 20.6 Å². The molecular formula is C48H28. The van der Waals surface area contributed by atoms with Crippen LogP contribution in [0.25, 0.3) is 109 Å². The molecule has 0 bridgehead atoms. The van der Waals surface area contributed by atoms with E-state index in [0.717, 1.165) is 0 Å². The van der Waals surface area contributed by atoms with E-state index in [-0.39, 0.29) is 16.2 Å². The van der Waals surface area contributed by atoms with Crippen molar-refractivity contribution in [3.05, 3.63) is 169 Å². The van der Waals surface area contributed by atoms with Crippen LogP contribution in [-0.2, 0) is 0 Å². The first-order valence-electron chi connectivity index (χ1n) is 28.5. The molecule has 0 saturated heterocycles. The fourth-order valence-electron chi connectivity index (χ4n) is 6.31. The Bertz CT molecular complexity index is 4610. The highest BCUT2D eigenvalue weighted by Gasteiger charge is 2.18. The van der Waals surface area contributed by atoms with Gasteiger partial charge in [-0.2, -0.15) is 0 Å². The molecule has 0 saturated carbocycles. The lowest BCUT2D eigenvalue weighted by molar-refractivity contribution is 1.60. The van der Waals surface area contributed by atoms with Crippen LogP contribution in [0.15, 0.2) is 169 Å². The number of benzene rings is 11. The van der Waals surface area contributed by atoms with Crippen molar-refractivity contribution in [2.24, 2.45) is 0 Å². The van der Waals surface area contributed by atoms with Crippen LogP contribution in [0.4, 0.5) is 0 Å². The van der Waals surface area contributed by atoms with Crippen LogP contribution in [0.1, 0.15) is 38.4 Å². The largest absolute Gasteiger partial charge is 0.0636 e. The van der Waals surface area contributed by atoms with E-state index in [2.05, 4.69) is 0 Å². The molecule has 0 aliphatic carbocycles. The summed E-state index contributed by atoms with van der Waals surface area (Å²) in [6, 6.07) is -24.7. The summed E-state index contributed by atoms with van der Waals surface area (Å²) < 4.78 is 257. The Morgan fingerprint density at radius 3 is 1.31 bits per heavy atom. The maximum absolute atomic E-state index is 10.3. The van der Waals surface area contributed by atoms with E-state index in [1.807, 2.05) is 0 Å². The minimum Gasteiger partial charge on any atom is -0.0616 e. The van der Waals surface area contributed by atoms with Gasteiger partial charge >= 0.3 is 0 Å². The molecule has 0 nitrogen and oxygen atoms in total. The molecule has 0 aliphatic rings. The van der Waals surface area contributed by atoms with Crippen molar-refractivity contribution < 1.29 is 38.4 Å². The molecule has 0 amide bonds. The van der Waals surface area contributed by atoms with Gasteiger partial charge in [0, 0.05) is 0 Å². The molecule has 0 aromatic heterocycles. The summed E-state index contributed by atoms with van der Waals surface area (Å²) in [5.74, 6) is 0. The maximum Gasteiger partial charge on any atom is 0.0636 e. The zero-order valence-electron chi connectivity index (χ0n) is 52.0. The Hall–Kier alpha value is -6.24. The highest BCUT2D eigenvalue weighted by Crippen LogP contribution is 2.45. The van der Waals surface area contributed by atoms with Crippen molar-refractivity contribution in [3.63, 3.8) is 0 Å². The van der Waals surface area contributed by atoms with Gasteiger partial charge in [0.2, 0.25) is 0 Å². The number of fused-ring (bicyclic) bond motifs is 1. The van der Waals surface area contributed by atoms with Crippen LogP contribution in [0.2, 0.25) is 0 Å². The quantitative estimate of drug-likeness (QED) is 0.170. The lowest BCUT2D eigenvalue weighted by Gasteiger charge is -2.19. The maximum atomic E-state index is 10.3. The molecule has 11 rings (SSSR count). The molecule has 11 aromatic rings. The Morgan fingerprint density at radius 1 is 0.250 bits per heavy atom. The highest BCUT2D eigenvalue weighted by atomic mass is 14.2. The number of hydrogen-bond acceptors (Lipinski definition) is 0. The molecule has 0 spiro atoms. The second-order valence-corrected chi connectivity index (χ2v) is 11.0. The molecule has 0 aliphatic heterocycles. The first kappa shape index (κ1) is 10.9. The van der Waals surface area contributed by atoms with Crippen molar-refractivity contribution in [2.75, 3.05) is 0 Å². The number of rotatable bonds is 3. The van der Waals surface area contributed by atoms with Crippen LogP contribution < -0.4 is 0 Å². The Morgan fingerprint density at radius 2 is 0.667 bits per heavy atom. The van der Waals surface area contributed by atoms with Gasteiger partial charge in [0.15, 0.2) is 0 Å². The molecule has 11 aromatic carbocycles. The standard InChI is InChI=1S/C48H28/c1-2-6-36-27-37(16-11-29(36)5-1)40-23-21-38(39-22-17-34-14-12-30-7-3-9-32-19-25-42(39)47(34)45(30)32)28-44(40)41-24-18-35-15-13-31-8-4-10-33-20-26-43(41)48(35)46(31)33/h1-28H/i1D,2D,3D,4D,5D,6D,7D,8D,9D,10D,11D,12D,13D,14D,15D,16D,17D,18D,19D,20D,21D,22D,23D,24D,25D,26D,27D,28D.